The van der Waals surface area contributed by atoms with Crippen molar-refractivity contribution in [1.82, 2.24) is 5.32 Å². The van der Waals surface area contributed by atoms with Gasteiger partial charge < -0.3 is 15.8 Å². The third-order valence-corrected chi connectivity index (χ3v) is 3.31. The van der Waals surface area contributed by atoms with Gasteiger partial charge >= 0.3 is 5.97 Å². The topological polar surface area (TPSA) is 81.4 Å². The fourth-order valence-electron chi connectivity index (χ4n) is 2.27. The van der Waals surface area contributed by atoms with Gasteiger partial charge in [0.15, 0.2) is 0 Å². The van der Waals surface area contributed by atoms with Crippen molar-refractivity contribution in [3.63, 3.8) is 0 Å². The maximum Gasteiger partial charge on any atom is 0.328 e. The van der Waals surface area contributed by atoms with Gasteiger partial charge in [0.2, 0.25) is 5.91 Å². The summed E-state index contributed by atoms with van der Waals surface area (Å²) in [7, 11) is 0. The van der Waals surface area contributed by atoms with E-state index in [1.54, 1.807) is 13.8 Å². The van der Waals surface area contributed by atoms with Crippen molar-refractivity contribution in [2.24, 2.45) is 11.7 Å². The summed E-state index contributed by atoms with van der Waals surface area (Å²) in [6, 6.07) is 8.41. The van der Waals surface area contributed by atoms with Crippen LogP contribution in [-0.4, -0.2) is 24.0 Å². The summed E-state index contributed by atoms with van der Waals surface area (Å²) in [6.45, 7) is 7.57. The lowest BCUT2D eigenvalue weighted by molar-refractivity contribution is -0.152. The van der Waals surface area contributed by atoms with Gasteiger partial charge in [-0.2, -0.15) is 0 Å². The minimum absolute atomic E-state index is 0. The van der Waals surface area contributed by atoms with Crippen LogP contribution in [0.5, 0.6) is 0 Å². The van der Waals surface area contributed by atoms with Crippen LogP contribution in [0.3, 0.4) is 0 Å². The normalized spacial score (nSPS) is 13.1. The van der Waals surface area contributed by atoms with Gasteiger partial charge in [0, 0.05) is 12.5 Å². The molecular formula is C18H29ClN2O3. The molecule has 1 aromatic carbocycles. The molecule has 24 heavy (non-hydrogen) atoms. The molecule has 1 aromatic rings. The van der Waals surface area contributed by atoms with Crippen LogP contribution < -0.4 is 11.1 Å². The average Bonchev–Trinajstić information content (AvgIpc) is 2.46. The molecule has 0 aliphatic rings. The minimum Gasteiger partial charge on any atom is -0.461 e. The zero-order chi connectivity index (χ0) is 17.4. The van der Waals surface area contributed by atoms with E-state index in [0.717, 1.165) is 5.56 Å². The average molecular weight is 357 g/mol. The van der Waals surface area contributed by atoms with Crippen LogP contribution in [0.1, 0.15) is 52.1 Å². The second-order valence-electron chi connectivity index (χ2n) is 6.46. The summed E-state index contributed by atoms with van der Waals surface area (Å²) in [4.78, 5) is 24.3. The van der Waals surface area contributed by atoms with Crippen molar-refractivity contribution < 1.29 is 14.3 Å². The van der Waals surface area contributed by atoms with E-state index in [0.29, 0.717) is 6.42 Å². The Hall–Kier alpha value is -1.59. The molecule has 136 valence electrons. The largest absolute Gasteiger partial charge is 0.461 e. The van der Waals surface area contributed by atoms with Crippen molar-refractivity contribution in [1.29, 1.82) is 0 Å². The summed E-state index contributed by atoms with van der Waals surface area (Å²) >= 11 is 0. The first-order chi connectivity index (χ1) is 10.8. The van der Waals surface area contributed by atoms with Gasteiger partial charge in [-0.05, 0) is 31.7 Å². The lowest BCUT2D eigenvalue weighted by Crippen LogP contribution is -2.44. The maximum absolute atomic E-state index is 12.2. The summed E-state index contributed by atoms with van der Waals surface area (Å²) in [5.41, 5.74) is 6.95. The molecule has 0 aliphatic heterocycles. The van der Waals surface area contributed by atoms with Crippen molar-refractivity contribution in [3.05, 3.63) is 35.9 Å². The highest BCUT2D eigenvalue weighted by atomic mass is 35.5. The molecule has 0 heterocycles. The van der Waals surface area contributed by atoms with Crippen molar-refractivity contribution in [2.45, 2.75) is 58.7 Å². The van der Waals surface area contributed by atoms with Crippen LogP contribution in [0, 0.1) is 5.92 Å². The van der Waals surface area contributed by atoms with Crippen molar-refractivity contribution in [3.8, 4) is 0 Å². The Balaban J connectivity index is 0.00000529. The molecule has 0 spiro atoms. The standard InChI is InChI=1S/C18H28N2O3.ClH/c1-12(2)10-16(18(22)23-13(3)4)20-17(21)11-15(19)14-8-6-5-7-9-14;/h5-9,12-13,15-16H,10-11,19H2,1-4H3,(H,20,21);1H/t15?,16-;/m0./s1. The van der Waals surface area contributed by atoms with Crippen molar-refractivity contribution in [2.75, 3.05) is 0 Å². The number of rotatable bonds is 8. The molecule has 3 N–H and O–H groups in total. The van der Waals surface area contributed by atoms with Gasteiger partial charge in [0.05, 0.1) is 6.10 Å². The van der Waals surface area contributed by atoms with E-state index in [4.69, 9.17) is 10.5 Å². The van der Waals surface area contributed by atoms with E-state index in [1.165, 1.54) is 0 Å². The first-order valence-corrected chi connectivity index (χ1v) is 8.10. The maximum atomic E-state index is 12.2. The number of hydrogen-bond acceptors (Lipinski definition) is 4. The molecule has 5 nitrogen and oxygen atoms in total. The van der Waals surface area contributed by atoms with Gasteiger partial charge in [0.25, 0.3) is 0 Å². The lowest BCUT2D eigenvalue weighted by Gasteiger charge is -2.21. The molecule has 1 unspecified atom stereocenters. The number of amides is 1. The summed E-state index contributed by atoms with van der Waals surface area (Å²) in [5, 5.41) is 2.76. The zero-order valence-electron chi connectivity index (χ0n) is 14.8. The smallest absolute Gasteiger partial charge is 0.328 e. The van der Waals surface area contributed by atoms with Gasteiger partial charge in [-0.3, -0.25) is 4.79 Å². The second kappa shape index (κ2) is 11.0. The summed E-state index contributed by atoms with van der Waals surface area (Å²) in [6.07, 6.45) is 0.464. The second-order valence-corrected chi connectivity index (χ2v) is 6.46. The number of benzene rings is 1. The Morgan fingerprint density at radius 1 is 1.12 bits per heavy atom. The molecule has 0 saturated carbocycles. The molecule has 0 bridgehead atoms. The Labute approximate surface area is 150 Å². The van der Waals surface area contributed by atoms with Crippen LogP contribution >= 0.6 is 12.4 Å². The zero-order valence-corrected chi connectivity index (χ0v) is 15.6. The molecule has 1 rings (SSSR count). The van der Waals surface area contributed by atoms with Crippen LogP contribution in [0.2, 0.25) is 0 Å². The fourth-order valence-corrected chi connectivity index (χ4v) is 2.27. The Bertz CT molecular complexity index is 506. The first-order valence-electron chi connectivity index (χ1n) is 8.10. The number of carbonyl (C=O) groups excluding carboxylic acids is 2. The Kier molecular flexibility index (Phi) is 10.3. The summed E-state index contributed by atoms with van der Waals surface area (Å²) < 4.78 is 5.22. The molecule has 1 amide bonds. The van der Waals surface area contributed by atoms with E-state index in [9.17, 15) is 9.59 Å². The number of ether oxygens (including phenoxy) is 1. The highest BCUT2D eigenvalue weighted by Crippen LogP contribution is 2.14. The SMILES string of the molecule is CC(C)C[C@H](NC(=O)CC(N)c1ccccc1)C(=O)OC(C)C.Cl. The third-order valence-electron chi connectivity index (χ3n) is 3.31. The van der Waals surface area contributed by atoms with Crippen molar-refractivity contribution >= 4 is 24.3 Å². The van der Waals surface area contributed by atoms with Gasteiger partial charge in [-0.1, -0.05) is 44.2 Å². The number of nitrogens with two attached hydrogens (primary N) is 1. The molecule has 2 atom stereocenters. The first kappa shape index (κ1) is 22.4. The molecule has 6 heteroatoms. The Morgan fingerprint density at radius 2 is 1.71 bits per heavy atom. The molecule has 0 aliphatic carbocycles. The lowest BCUT2D eigenvalue weighted by atomic mass is 10.0. The Morgan fingerprint density at radius 3 is 2.21 bits per heavy atom. The minimum atomic E-state index is -0.632. The van der Waals surface area contributed by atoms with Crippen LogP contribution in [0.15, 0.2) is 30.3 Å². The van der Waals surface area contributed by atoms with E-state index in [-0.39, 0.29) is 36.8 Å². The van der Waals surface area contributed by atoms with Crippen LogP contribution in [-0.2, 0) is 14.3 Å². The number of hydrogen-bond donors (Lipinski definition) is 2. The van der Waals surface area contributed by atoms with E-state index in [1.807, 2.05) is 44.2 Å². The number of carbonyl (C=O) groups is 2. The predicted octanol–water partition coefficient (Wildman–Crippen LogP) is 2.98. The quantitative estimate of drug-likeness (QED) is 0.701. The monoisotopic (exact) mass is 356 g/mol. The third kappa shape index (κ3) is 8.31. The highest BCUT2D eigenvalue weighted by Gasteiger charge is 2.25. The molecule has 0 aromatic heterocycles. The van der Waals surface area contributed by atoms with E-state index in [2.05, 4.69) is 5.32 Å². The number of nitrogens with one attached hydrogen (secondary N) is 1. The van der Waals surface area contributed by atoms with Crippen LogP contribution in [0.25, 0.3) is 0 Å². The molecule has 0 fully saturated rings. The summed E-state index contributed by atoms with van der Waals surface area (Å²) in [5.74, 6) is -0.370. The number of halogens is 1. The molecule has 0 saturated heterocycles. The van der Waals surface area contributed by atoms with Gasteiger partial charge in [-0.15, -0.1) is 12.4 Å². The highest BCUT2D eigenvalue weighted by molar-refractivity contribution is 5.85. The fraction of sp³-hybridized carbons (Fsp3) is 0.556. The number of esters is 1. The van der Waals surface area contributed by atoms with E-state index >= 15 is 0 Å². The van der Waals surface area contributed by atoms with Gasteiger partial charge in [-0.25, -0.2) is 4.79 Å². The predicted molar refractivity (Wildman–Crippen MR) is 97.8 cm³/mol. The molecular weight excluding hydrogens is 328 g/mol. The van der Waals surface area contributed by atoms with Crippen LogP contribution in [0.4, 0.5) is 0 Å². The van der Waals surface area contributed by atoms with Gasteiger partial charge in [0.1, 0.15) is 6.04 Å². The molecule has 0 radical (unpaired) electrons. The van der Waals surface area contributed by atoms with E-state index < -0.39 is 18.1 Å².